The van der Waals surface area contributed by atoms with Crippen LogP contribution in [0.15, 0.2) is 12.7 Å². The van der Waals surface area contributed by atoms with Gasteiger partial charge in [-0.05, 0) is 39.9 Å². The molecular weight excluding hydrogens is 182 g/mol. The van der Waals surface area contributed by atoms with E-state index in [4.69, 9.17) is 17.0 Å². The molecule has 0 rings (SSSR count). The minimum atomic E-state index is 0.138. The van der Waals surface area contributed by atoms with Crippen molar-refractivity contribution >= 4 is 17.4 Å². The molecule has 2 nitrogen and oxygen atoms in total. The molecule has 0 aliphatic carbocycles. The van der Waals surface area contributed by atoms with E-state index >= 15 is 0 Å². The smallest absolute Gasteiger partial charge is 0.260 e. The van der Waals surface area contributed by atoms with Crippen LogP contribution in [0.25, 0.3) is 0 Å². The highest BCUT2D eigenvalue weighted by Gasteiger charge is 2.13. The number of ether oxygens (including phenoxy) is 1. The molecule has 0 bridgehead atoms. The fourth-order valence-electron chi connectivity index (χ4n) is 0.905. The molecule has 0 aromatic rings. The standard InChI is InChI=1S/C10H19NOS/c1-6-7-11(8(2)3)10(13)12-9(4)5/h6,8-9H,1,7H2,2-5H3. The highest BCUT2D eigenvalue weighted by Crippen LogP contribution is 2.04. The van der Waals surface area contributed by atoms with Crippen LogP contribution in [0.4, 0.5) is 0 Å². The predicted octanol–water partition coefficient (Wildman–Crippen LogP) is 2.59. The van der Waals surface area contributed by atoms with Crippen molar-refractivity contribution in [3.63, 3.8) is 0 Å². The van der Waals surface area contributed by atoms with Crippen LogP contribution in [0.2, 0.25) is 0 Å². The van der Waals surface area contributed by atoms with Crippen LogP contribution >= 0.6 is 12.2 Å². The molecule has 0 radical (unpaired) electrons. The Labute approximate surface area is 86.6 Å². The van der Waals surface area contributed by atoms with E-state index in [1.807, 2.05) is 24.8 Å². The summed E-state index contributed by atoms with van der Waals surface area (Å²) in [5.74, 6) is 0. The van der Waals surface area contributed by atoms with Gasteiger partial charge in [0.15, 0.2) is 0 Å². The third-order valence-corrected chi connectivity index (χ3v) is 1.85. The Morgan fingerprint density at radius 3 is 2.31 bits per heavy atom. The molecule has 0 fully saturated rings. The van der Waals surface area contributed by atoms with Gasteiger partial charge in [-0.1, -0.05) is 6.08 Å². The van der Waals surface area contributed by atoms with Gasteiger partial charge in [0.2, 0.25) is 0 Å². The third-order valence-electron chi connectivity index (χ3n) is 1.52. The van der Waals surface area contributed by atoms with Crippen molar-refractivity contribution in [1.29, 1.82) is 0 Å². The first-order chi connectivity index (χ1) is 5.99. The number of rotatable bonds is 4. The molecule has 0 saturated heterocycles. The second kappa shape index (κ2) is 5.97. The second-order valence-electron chi connectivity index (χ2n) is 3.47. The molecule has 3 heteroatoms. The van der Waals surface area contributed by atoms with E-state index in [-0.39, 0.29) is 6.10 Å². The number of nitrogens with zero attached hydrogens (tertiary/aromatic N) is 1. The Kier molecular flexibility index (Phi) is 5.71. The van der Waals surface area contributed by atoms with Crippen LogP contribution in [-0.2, 0) is 4.74 Å². The Bertz CT molecular complexity index is 178. The Hall–Kier alpha value is -0.570. The van der Waals surface area contributed by atoms with Crippen LogP contribution in [0.1, 0.15) is 27.7 Å². The summed E-state index contributed by atoms with van der Waals surface area (Å²) in [6, 6.07) is 0.351. The first-order valence-electron chi connectivity index (χ1n) is 4.57. The maximum absolute atomic E-state index is 5.44. The zero-order valence-corrected chi connectivity index (χ0v) is 9.73. The largest absolute Gasteiger partial charge is 0.468 e. The minimum Gasteiger partial charge on any atom is -0.468 e. The number of hydrogen-bond acceptors (Lipinski definition) is 2. The zero-order chi connectivity index (χ0) is 10.4. The van der Waals surface area contributed by atoms with Crippen molar-refractivity contribution in [1.82, 2.24) is 4.90 Å². The highest BCUT2D eigenvalue weighted by atomic mass is 32.1. The molecule has 0 unspecified atom stereocenters. The summed E-state index contributed by atoms with van der Waals surface area (Å²) in [6.45, 7) is 12.5. The fraction of sp³-hybridized carbons (Fsp3) is 0.700. The van der Waals surface area contributed by atoms with Gasteiger partial charge in [-0.25, -0.2) is 0 Å². The summed E-state index contributed by atoms with van der Waals surface area (Å²) in [4.78, 5) is 2.00. The van der Waals surface area contributed by atoms with E-state index in [0.717, 1.165) is 6.54 Å². The molecule has 0 aromatic heterocycles. The maximum atomic E-state index is 5.44. The van der Waals surface area contributed by atoms with Gasteiger partial charge in [-0.2, -0.15) is 0 Å². The average Bonchev–Trinajstić information content (AvgIpc) is 1.97. The number of thiocarbonyl (C=S) groups is 1. The van der Waals surface area contributed by atoms with Crippen molar-refractivity contribution < 1.29 is 4.74 Å². The van der Waals surface area contributed by atoms with Crippen LogP contribution in [0.5, 0.6) is 0 Å². The molecule has 0 aliphatic heterocycles. The SMILES string of the molecule is C=CCN(C(=S)OC(C)C)C(C)C. The molecule has 0 aromatic carbocycles. The lowest BCUT2D eigenvalue weighted by molar-refractivity contribution is 0.180. The van der Waals surface area contributed by atoms with Crippen molar-refractivity contribution in [2.75, 3.05) is 6.54 Å². The van der Waals surface area contributed by atoms with Gasteiger partial charge < -0.3 is 9.64 Å². The summed E-state index contributed by atoms with van der Waals surface area (Å²) >= 11 is 5.15. The molecule has 0 amide bonds. The molecule has 0 aliphatic rings. The van der Waals surface area contributed by atoms with Crippen molar-refractivity contribution in [2.24, 2.45) is 0 Å². The normalized spacial score (nSPS) is 10.3. The van der Waals surface area contributed by atoms with Gasteiger partial charge in [0.1, 0.15) is 0 Å². The van der Waals surface area contributed by atoms with Crippen LogP contribution in [0, 0.1) is 0 Å². The predicted molar refractivity (Wildman–Crippen MR) is 60.9 cm³/mol. The lowest BCUT2D eigenvalue weighted by atomic mass is 10.3. The monoisotopic (exact) mass is 201 g/mol. The quantitative estimate of drug-likeness (QED) is 0.512. The molecule has 76 valence electrons. The van der Waals surface area contributed by atoms with Crippen molar-refractivity contribution in [3.8, 4) is 0 Å². The maximum Gasteiger partial charge on any atom is 0.260 e. The third kappa shape index (κ3) is 4.88. The van der Waals surface area contributed by atoms with E-state index in [9.17, 15) is 0 Å². The van der Waals surface area contributed by atoms with E-state index in [1.54, 1.807) is 0 Å². The van der Waals surface area contributed by atoms with E-state index < -0.39 is 0 Å². The van der Waals surface area contributed by atoms with Gasteiger partial charge in [0.05, 0.1) is 6.10 Å². The molecular formula is C10H19NOS. The first kappa shape index (κ1) is 12.4. The zero-order valence-electron chi connectivity index (χ0n) is 8.91. The lowest BCUT2D eigenvalue weighted by Gasteiger charge is -2.28. The number of hydrogen-bond donors (Lipinski definition) is 0. The van der Waals surface area contributed by atoms with Crippen LogP contribution in [0.3, 0.4) is 0 Å². The molecule has 0 spiro atoms. The summed E-state index contributed by atoms with van der Waals surface area (Å²) in [5, 5.41) is 0.560. The molecule has 0 atom stereocenters. The summed E-state index contributed by atoms with van der Waals surface area (Å²) < 4.78 is 5.44. The molecule has 0 heterocycles. The molecule has 0 N–H and O–H groups in total. The lowest BCUT2D eigenvalue weighted by Crippen LogP contribution is -2.38. The van der Waals surface area contributed by atoms with Crippen LogP contribution < -0.4 is 0 Å². The topological polar surface area (TPSA) is 12.5 Å². The Balaban J connectivity index is 4.19. The van der Waals surface area contributed by atoms with Crippen LogP contribution in [-0.4, -0.2) is 28.8 Å². The van der Waals surface area contributed by atoms with Gasteiger partial charge >= 0.3 is 0 Å². The van der Waals surface area contributed by atoms with Crippen molar-refractivity contribution in [3.05, 3.63) is 12.7 Å². The van der Waals surface area contributed by atoms with Gasteiger partial charge in [0, 0.05) is 12.6 Å². The summed E-state index contributed by atoms with van der Waals surface area (Å²) in [6.07, 6.45) is 1.97. The molecule has 0 saturated carbocycles. The van der Waals surface area contributed by atoms with E-state index in [0.29, 0.717) is 11.2 Å². The molecule has 13 heavy (non-hydrogen) atoms. The fourth-order valence-corrected chi connectivity index (χ4v) is 1.38. The van der Waals surface area contributed by atoms with Gasteiger partial charge in [-0.15, -0.1) is 6.58 Å². The summed E-state index contributed by atoms with van der Waals surface area (Å²) in [5.41, 5.74) is 0. The minimum absolute atomic E-state index is 0.138. The summed E-state index contributed by atoms with van der Waals surface area (Å²) in [7, 11) is 0. The highest BCUT2D eigenvalue weighted by molar-refractivity contribution is 7.80. The van der Waals surface area contributed by atoms with Gasteiger partial charge in [-0.3, -0.25) is 0 Å². The second-order valence-corrected chi connectivity index (χ2v) is 3.82. The van der Waals surface area contributed by atoms with Gasteiger partial charge in [0.25, 0.3) is 5.17 Å². The Morgan fingerprint density at radius 2 is 2.00 bits per heavy atom. The van der Waals surface area contributed by atoms with Crippen molar-refractivity contribution in [2.45, 2.75) is 39.8 Å². The van der Waals surface area contributed by atoms with E-state index in [2.05, 4.69) is 20.4 Å². The van der Waals surface area contributed by atoms with E-state index in [1.165, 1.54) is 0 Å². The average molecular weight is 201 g/mol. The first-order valence-corrected chi connectivity index (χ1v) is 4.98. The Morgan fingerprint density at radius 1 is 1.46 bits per heavy atom.